The van der Waals surface area contributed by atoms with Gasteiger partial charge in [0.05, 0.1) is 13.1 Å². The fraction of sp³-hybridized carbons (Fsp3) is 0.529. The molecule has 2 aliphatic rings. The Balaban J connectivity index is 1.66. The summed E-state index contributed by atoms with van der Waals surface area (Å²) in [6.07, 6.45) is 1.86. The van der Waals surface area contributed by atoms with Gasteiger partial charge in [0.2, 0.25) is 11.8 Å². The highest BCUT2D eigenvalue weighted by Gasteiger charge is 2.47. The van der Waals surface area contributed by atoms with Crippen LogP contribution in [0.5, 0.6) is 0 Å². The molecule has 0 spiro atoms. The first-order chi connectivity index (χ1) is 10.9. The highest BCUT2D eigenvalue weighted by Crippen LogP contribution is 2.33. The van der Waals surface area contributed by atoms with Crippen molar-refractivity contribution in [1.82, 2.24) is 9.80 Å². The Labute approximate surface area is 134 Å². The van der Waals surface area contributed by atoms with Crippen LogP contribution in [0.15, 0.2) is 24.3 Å². The fourth-order valence-electron chi connectivity index (χ4n) is 3.42. The van der Waals surface area contributed by atoms with Crippen molar-refractivity contribution >= 4 is 11.8 Å². The number of hydrogen-bond donors (Lipinski definition) is 1. The predicted molar refractivity (Wildman–Crippen MR) is 81.9 cm³/mol. The predicted octanol–water partition coefficient (Wildman–Crippen LogP) is 1.26. The van der Waals surface area contributed by atoms with Gasteiger partial charge in [0.15, 0.2) is 0 Å². The number of β-amino-alcohol motifs (C(OH)–C–C–N with tert-alkyl or cyclic N) is 1. The molecule has 2 heterocycles. The molecule has 2 saturated heterocycles. The number of nitrogens with zero attached hydrogens (tertiary/aromatic N) is 2. The van der Waals surface area contributed by atoms with Gasteiger partial charge >= 0.3 is 0 Å². The first-order valence-corrected chi connectivity index (χ1v) is 8.01. The quantitative estimate of drug-likeness (QED) is 0.908. The molecular formula is C17H21FN2O3. The molecule has 2 fully saturated rings. The molecule has 2 amide bonds. The third kappa shape index (κ3) is 2.83. The van der Waals surface area contributed by atoms with E-state index in [4.69, 9.17) is 0 Å². The Kier molecular flexibility index (Phi) is 4.10. The van der Waals surface area contributed by atoms with Crippen molar-refractivity contribution in [2.45, 2.75) is 37.8 Å². The average Bonchev–Trinajstić information content (AvgIpc) is 2.91. The number of carbonyl (C=O) groups excluding carboxylic acids is 2. The summed E-state index contributed by atoms with van der Waals surface area (Å²) in [7, 11) is 0. The van der Waals surface area contributed by atoms with Gasteiger partial charge in [-0.25, -0.2) is 4.39 Å². The number of benzene rings is 1. The van der Waals surface area contributed by atoms with Gasteiger partial charge in [-0.2, -0.15) is 0 Å². The maximum Gasteiger partial charge on any atom is 0.245 e. The summed E-state index contributed by atoms with van der Waals surface area (Å²) < 4.78 is 13.0. The second-order valence-electron chi connectivity index (χ2n) is 6.35. The zero-order chi connectivity index (χ0) is 16.6. The number of aliphatic hydroxyl groups is 1. The lowest BCUT2D eigenvalue weighted by Gasteiger charge is -2.48. The largest absolute Gasteiger partial charge is 0.381 e. The monoisotopic (exact) mass is 320 g/mol. The summed E-state index contributed by atoms with van der Waals surface area (Å²) >= 11 is 0. The summed E-state index contributed by atoms with van der Waals surface area (Å²) in [6, 6.07) is 5.24. The number of halogens is 1. The molecule has 0 bridgehead atoms. The Morgan fingerprint density at radius 2 is 2.00 bits per heavy atom. The summed E-state index contributed by atoms with van der Waals surface area (Å²) in [5.41, 5.74) is -0.523. The second kappa shape index (κ2) is 5.92. The first kappa shape index (κ1) is 15.9. The van der Waals surface area contributed by atoms with Crippen molar-refractivity contribution in [2.75, 3.05) is 19.6 Å². The molecule has 124 valence electrons. The van der Waals surface area contributed by atoms with Crippen molar-refractivity contribution in [3.8, 4) is 0 Å². The Hall–Kier alpha value is -1.95. The highest BCUT2D eigenvalue weighted by atomic mass is 19.1. The maximum atomic E-state index is 13.0. The normalized spacial score (nSPS) is 21.3. The number of rotatable bonds is 4. The Morgan fingerprint density at radius 1 is 1.35 bits per heavy atom. The van der Waals surface area contributed by atoms with Gasteiger partial charge in [-0.1, -0.05) is 19.1 Å². The van der Waals surface area contributed by atoms with Crippen LogP contribution < -0.4 is 0 Å². The summed E-state index contributed by atoms with van der Waals surface area (Å²) in [6.45, 7) is 2.87. The van der Waals surface area contributed by atoms with Crippen LogP contribution in [-0.4, -0.2) is 52.4 Å². The molecule has 1 aromatic rings. The van der Waals surface area contributed by atoms with E-state index in [-0.39, 0.29) is 30.7 Å². The molecule has 0 saturated carbocycles. The number of hydrogen-bond acceptors (Lipinski definition) is 3. The van der Waals surface area contributed by atoms with Crippen molar-refractivity contribution < 1.29 is 19.1 Å². The molecule has 5 nitrogen and oxygen atoms in total. The van der Waals surface area contributed by atoms with E-state index in [1.54, 1.807) is 21.9 Å². The van der Waals surface area contributed by atoms with E-state index in [0.717, 1.165) is 6.42 Å². The molecule has 3 rings (SSSR count). The van der Waals surface area contributed by atoms with Gasteiger partial charge in [-0.15, -0.1) is 0 Å². The number of likely N-dealkylation sites (tertiary alicyclic amines) is 2. The van der Waals surface area contributed by atoms with E-state index < -0.39 is 11.6 Å². The molecule has 0 unspecified atom stereocenters. The van der Waals surface area contributed by atoms with Crippen molar-refractivity contribution in [3.63, 3.8) is 0 Å². The van der Waals surface area contributed by atoms with Crippen LogP contribution in [-0.2, 0) is 15.2 Å². The Bertz CT molecular complexity index is 611. The van der Waals surface area contributed by atoms with Crippen LogP contribution in [0.2, 0.25) is 0 Å². The zero-order valence-corrected chi connectivity index (χ0v) is 13.2. The van der Waals surface area contributed by atoms with Crippen LogP contribution in [0.4, 0.5) is 4.39 Å². The lowest BCUT2D eigenvalue weighted by Crippen LogP contribution is -2.64. The molecule has 2 aliphatic heterocycles. The van der Waals surface area contributed by atoms with Crippen LogP contribution in [0.1, 0.15) is 31.7 Å². The average molecular weight is 320 g/mol. The molecule has 0 aliphatic carbocycles. The summed E-state index contributed by atoms with van der Waals surface area (Å²) in [5, 5.41) is 10.6. The van der Waals surface area contributed by atoms with E-state index in [0.29, 0.717) is 24.9 Å². The summed E-state index contributed by atoms with van der Waals surface area (Å²) in [5.74, 6) is -0.447. The van der Waals surface area contributed by atoms with E-state index in [1.807, 2.05) is 6.92 Å². The highest BCUT2D eigenvalue weighted by molar-refractivity contribution is 5.89. The molecule has 0 aromatic heterocycles. The van der Waals surface area contributed by atoms with Crippen LogP contribution in [0.3, 0.4) is 0 Å². The SMILES string of the molecule is CC[C@@H](C(=O)N1CC(O)(c2ccc(F)cc2)C1)N1CCCC1=O. The van der Waals surface area contributed by atoms with Gasteiger partial charge in [0, 0.05) is 13.0 Å². The van der Waals surface area contributed by atoms with Crippen LogP contribution >= 0.6 is 0 Å². The van der Waals surface area contributed by atoms with Gasteiger partial charge in [0.25, 0.3) is 0 Å². The third-order valence-corrected chi connectivity index (χ3v) is 4.76. The van der Waals surface area contributed by atoms with Crippen molar-refractivity contribution in [1.29, 1.82) is 0 Å². The molecule has 0 radical (unpaired) electrons. The van der Waals surface area contributed by atoms with E-state index >= 15 is 0 Å². The van der Waals surface area contributed by atoms with E-state index in [9.17, 15) is 19.1 Å². The van der Waals surface area contributed by atoms with Gasteiger partial charge in [-0.05, 0) is 30.5 Å². The first-order valence-electron chi connectivity index (χ1n) is 8.01. The second-order valence-corrected chi connectivity index (χ2v) is 6.35. The minimum atomic E-state index is -1.13. The topological polar surface area (TPSA) is 60.9 Å². The van der Waals surface area contributed by atoms with Gasteiger partial charge < -0.3 is 14.9 Å². The molecule has 1 aromatic carbocycles. The Morgan fingerprint density at radius 3 is 2.52 bits per heavy atom. The van der Waals surface area contributed by atoms with Gasteiger partial charge in [-0.3, -0.25) is 9.59 Å². The standard InChI is InChI=1S/C17H21FN2O3/c1-2-14(20-9-3-4-15(20)21)16(22)19-10-17(23,11-19)12-5-7-13(18)8-6-12/h5-8,14,23H,2-4,9-11H2,1H3/t14-/m0/s1. The third-order valence-electron chi connectivity index (χ3n) is 4.76. The molecular weight excluding hydrogens is 299 g/mol. The number of carbonyl (C=O) groups is 2. The minimum Gasteiger partial charge on any atom is -0.381 e. The lowest BCUT2D eigenvalue weighted by molar-refractivity contribution is -0.164. The molecule has 6 heteroatoms. The smallest absolute Gasteiger partial charge is 0.245 e. The molecule has 23 heavy (non-hydrogen) atoms. The van der Waals surface area contributed by atoms with Crippen LogP contribution in [0.25, 0.3) is 0 Å². The zero-order valence-electron chi connectivity index (χ0n) is 13.2. The lowest BCUT2D eigenvalue weighted by atomic mass is 9.85. The number of amides is 2. The molecule has 1 atom stereocenters. The summed E-state index contributed by atoms with van der Waals surface area (Å²) in [4.78, 5) is 27.7. The van der Waals surface area contributed by atoms with E-state index in [2.05, 4.69) is 0 Å². The fourth-order valence-corrected chi connectivity index (χ4v) is 3.42. The van der Waals surface area contributed by atoms with Crippen molar-refractivity contribution in [3.05, 3.63) is 35.6 Å². The molecule has 1 N–H and O–H groups in total. The maximum absolute atomic E-state index is 13.0. The van der Waals surface area contributed by atoms with Crippen LogP contribution in [0, 0.1) is 5.82 Å². The van der Waals surface area contributed by atoms with Gasteiger partial charge in [0.1, 0.15) is 17.5 Å². The van der Waals surface area contributed by atoms with Crippen molar-refractivity contribution in [2.24, 2.45) is 0 Å². The van der Waals surface area contributed by atoms with E-state index in [1.165, 1.54) is 12.1 Å². The minimum absolute atomic E-state index is 0.0273.